The maximum Gasteiger partial charge on any atom is 0.407 e. The summed E-state index contributed by atoms with van der Waals surface area (Å²) in [5.74, 6) is 1.81. The number of hydrogen-bond donors (Lipinski definition) is 2. The number of oxazole rings is 1. The molecule has 1 aliphatic heterocycles. The van der Waals surface area contributed by atoms with Crippen molar-refractivity contribution in [3.63, 3.8) is 0 Å². The predicted molar refractivity (Wildman–Crippen MR) is 151 cm³/mol. The number of amides is 1. The Balaban J connectivity index is 1.34. The molecule has 1 amide bonds. The Morgan fingerprint density at radius 2 is 1.78 bits per heavy atom. The molecule has 10 nitrogen and oxygen atoms in total. The molecule has 0 atom stereocenters. The largest absolute Gasteiger partial charge is 0.493 e. The molecule has 2 heterocycles. The van der Waals surface area contributed by atoms with Crippen molar-refractivity contribution in [1.82, 2.24) is 10.3 Å². The highest BCUT2D eigenvalue weighted by Crippen LogP contribution is 2.26. The fraction of sp³-hybridized carbons (Fsp3) is 0.452. The molecule has 0 bridgehead atoms. The van der Waals surface area contributed by atoms with E-state index in [1.54, 1.807) is 19.9 Å². The number of carboxylic acid groups (broad SMARTS) is 1. The van der Waals surface area contributed by atoms with Gasteiger partial charge in [-0.15, -0.1) is 0 Å². The van der Waals surface area contributed by atoms with Crippen molar-refractivity contribution in [2.75, 3.05) is 19.8 Å². The molecular weight excluding hydrogens is 528 g/mol. The van der Waals surface area contributed by atoms with Gasteiger partial charge in [0, 0.05) is 37.8 Å². The van der Waals surface area contributed by atoms with Gasteiger partial charge in [0.2, 0.25) is 5.89 Å². The van der Waals surface area contributed by atoms with Gasteiger partial charge in [-0.25, -0.2) is 9.78 Å². The summed E-state index contributed by atoms with van der Waals surface area (Å²) < 4.78 is 28.5. The number of rotatable bonds is 13. The summed E-state index contributed by atoms with van der Waals surface area (Å²) in [5.41, 5.74) is 3.27. The first-order chi connectivity index (χ1) is 19.8. The van der Waals surface area contributed by atoms with E-state index in [1.165, 1.54) is 0 Å². The number of nitrogens with one attached hydrogen (secondary N) is 1. The maximum absolute atomic E-state index is 12.0. The van der Waals surface area contributed by atoms with E-state index in [4.69, 9.17) is 28.5 Å². The highest BCUT2D eigenvalue weighted by molar-refractivity contribution is 5.68. The van der Waals surface area contributed by atoms with Crippen molar-refractivity contribution in [3.8, 4) is 23.0 Å². The smallest absolute Gasteiger partial charge is 0.407 e. The standard InChI is InChI=1S/C31H38N2O8/c1-20(2)39-31(36)32-19-24-18-27(10-4-22(24)7-11-29(34)35)38-17-14-28-21(3)40-30(33-28)23-5-8-25(9-6-23)41-26-12-15-37-16-13-26/h4-6,8-10,18,20,26H,7,11-17,19H2,1-3H3,(H,32,36)(H,34,35). The van der Waals surface area contributed by atoms with Crippen LogP contribution in [0.25, 0.3) is 11.5 Å². The van der Waals surface area contributed by atoms with Crippen LogP contribution in [-0.2, 0) is 33.7 Å². The van der Waals surface area contributed by atoms with E-state index in [0.717, 1.165) is 59.9 Å². The zero-order chi connectivity index (χ0) is 29.2. The summed E-state index contributed by atoms with van der Waals surface area (Å²) in [6.45, 7) is 7.44. The summed E-state index contributed by atoms with van der Waals surface area (Å²) in [7, 11) is 0. The molecular formula is C31H38N2O8. The first-order valence-electron chi connectivity index (χ1n) is 14.0. The molecule has 3 aromatic rings. The minimum absolute atomic E-state index is 0.0108. The van der Waals surface area contributed by atoms with Gasteiger partial charge in [0.25, 0.3) is 0 Å². The van der Waals surface area contributed by atoms with Crippen LogP contribution in [0.5, 0.6) is 11.5 Å². The highest BCUT2D eigenvalue weighted by atomic mass is 16.6. The van der Waals surface area contributed by atoms with Crippen molar-refractivity contribution in [1.29, 1.82) is 0 Å². The fourth-order valence-electron chi connectivity index (χ4n) is 4.48. The SMILES string of the molecule is Cc1oc(-c2ccc(OC3CCOCC3)cc2)nc1CCOc1ccc(CCC(=O)O)c(CNC(=O)OC(C)C)c1. The van der Waals surface area contributed by atoms with Gasteiger partial charge in [0.15, 0.2) is 0 Å². The van der Waals surface area contributed by atoms with Gasteiger partial charge in [-0.05, 0) is 74.7 Å². The monoisotopic (exact) mass is 566 g/mol. The molecule has 1 fully saturated rings. The second-order valence-corrected chi connectivity index (χ2v) is 10.2. The van der Waals surface area contributed by atoms with E-state index in [1.807, 2.05) is 43.3 Å². The molecule has 2 N–H and O–H groups in total. The van der Waals surface area contributed by atoms with E-state index < -0.39 is 12.1 Å². The minimum Gasteiger partial charge on any atom is -0.493 e. The number of alkyl carbamates (subject to hydrolysis) is 1. The molecule has 4 rings (SSSR count). The zero-order valence-electron chi connectivity index (χ0n) is 23.8. The summed E-state index contributed by atoms with van der Waals surface area (Å²) in [5, 5.41) is 11.8. The molecule has 0 radical (unpaired) electrons. The van der Waals surface area contributed by atoms with Gasteiger partial charge in [0.05, 0.1) is 31.6 Å². The van der Waals surface area contributed by atoms with Crippen LogP contribution in [0.1, 0.15) is 55.7 Å². The number of carboxylic acids is 1. The number of aromatic nitrogens is 1. The lowest BCUT2D eigenvalue weighted by molar-refractivity contribution is -0.136. The quantitative estimate of drug-likeness (QED) is 0.276. The molecule has 0 saturated carbocycles. The van der Waals surface area contributed by atoms with Crippen molar-refractivity contribution < 1.29 is 38.1 Å². The van der Waals surface area contributed by atoms with E-state index in [2.05, 4.69) is 10.3 Å². The van der Waals surface area contributed by atoms with Crippen LogP contribution < -0.4 is 14.8 Å². The number of ether oxygens (including phenoxy) is 4. The van der Waals surface area contributed by atoms with Crippen LogP contribution in [0.15, 0.2) is 46.9 Å². The van der Waals surface area contributed by atoms with Gasteiger partial charge in [-0.1, -0.05) is 6.07 Å². The lowest BCUT2D eigenvalue weighted by Crippen LogP contribution is -2.26. The van der Waals surface area contributed by atoms with Crippen LogP contribution in [0.3, 0.4) is 0 Å². The third-order valence-corrected chi connectivity index (χ3v) is 6.62. The number of carbonyl (C=O) groups is 2. The summed E-state index contributed by atoms with van der Waals surface area (Å²) >= 11 is 0. The number of hydrogen-bond acceptors (Lipinski definition) is 8. The number of nitrogens with zero attached hydrogens (tertiary/aromatic N) is 1. The number of benzene rings is 2. The topological polar surface area (TPSA) is 129 Å². The van der Waals surface area contributed by atoms with E-state index >= 15 is 0 Å². The average Bonchev–Trinajstić information content (AvgIpc) is 3.32. The lowest BCUT2D eigenvalue weighted by atomic mass is 10.0. The van der Waals surface area contributed by atoms with Gasteiger partial charge in [-0.3, -0.25) is 4.79 Å². The molecule has 0 spiro atoms. The van der Waals surface area contributed by atoms with E-state index in [-0.39, 0.29) is 25.2 Å². The molecule has 1 saturated heterocycles. The van der Waals surface area contributed by atoms with E-state index in [0.29, 0.717) is 31.1 Å². The molecule has 220 valence electrons. The Kier molecular flexibility index (Phi) is 10.6. The first kappa shape index (κ1) is 29.9. The summed E-state index contributed by atoms with van der Waals surface area (Å²) in [4.78, 5) is 27.7. The molecule has 1 aromatic heterocycles. The van der Waals surface area contributed by atoms with Gasteiger partial charge < -0.3 is 33.8 Å². The van der Waals surface area contributed by atoms with Crippen molar-refractivity contribution >= 4 is 12.1 Å². The molecule has 1 aliphatic rings. The van der Waals surface area contributed by atoms with E-state index in [9.17, 15) is 9.59 Å². The number of aliphatic carboxylic acids is 1. The Labute approximate surface area is 240 Å². The maximum atomic E-state index is 12.0. The van der Waals surface area contributed by atoms with Crippen LogP contribution in [0, 0.1) is 6.92 Å². The third-order valence-electron chi connectivity index (χ3n) is 6.62. The van der Waals surface area contributed by atoms with Crippen LogP contribution in [0.4, 0.5) is 4.79 Å². The van der Waals surface area contributed by atoms with Crippen molar-refractivity contribution in [2.24, 2.45) is 0 Å². The normalized spacial score (nSPS) is 13.7. The first-order valence-corrected chi connectivity index (χ1v) is 14.0. The van der Waals surface area contributed by atoms with Crippen LogP contribution in [0.2, 0.25) is 0 Å². The van der Waals surface area contributed by atoms with Crippen molar-refractivity contribution in [2.45, 2.75) is 71.6 Å². The Bertz CT molecular complexity index is 1300. The second-order valence-electron chi connectivity index (χ2n) is 10.2. The third kappa shape index (κ3) is 9.24. The van der Waals surface area contributed by atoms with Gasteiger partial charge in [-0.2, -0.15) is 0 Å². The fourth-order valence-corrected chi connectivity index (χ4v) is 4.48. The summed E-state index contributed by atoms with van der Waals surface area (Å²) in [6, 6.07) is 13.2. The van der Waals surface area contributed by atoms with Crippen molar-refractivity contribution in [3.05, 3.63) is 65.0 Å². The molecule has 41 heavy (non-hydrogen) atoms. The van der Waals surface area contributed by atoms with Gasteiger partial charge >= 0.3 is 12.1 Å². The second kappa shape index (κ2) is 14.5. The van der Waals surface area contributed by atoms with Crippen LogP contribution >= 0.6 is 0 Å². The molecule has 10 heteroatoms. The average molecular weight is 567 g/mol. The number of aryl methyl sites for hydroxylation is 2. The minimum atomic E-state index is -0.884. The highest BCUT2D eigenvalue weighted by Gasteiger charge is 2.17. The zero-order valence-corrected chi connectivity index (χ0v) is 23.8. The molecule has 2 aromatic carbocycles. The van der Waals surface area contributed by atoms with Gasteiger partial charge in [0.1, 0.15) is 23.4 Å². The summed E-state index contributed by atoms with van der Waals surface area (Å²) in [6.07, 6.45) is 2.06. The molecule has 0 aliphatic carbocycles. The van der Waals surface area contributed by atoms with Crippen LogP contribution in [-0.4, -0.2) is 54.2 Å². The number of carbonyl (C=O) groups excluding carboxylic acids is 1. The Morgan fingerprint density at radius 1 is 1.05 bits per heavy atom. The molecule has 0 unspecified atom stereocenters. The Hall–Kier alpha value is -4.05. The predicted octanol–water partition coefficient (Wildman–Crippen LogP) is 5.48. The Morgan fingerprint density at radius 3 is 2.49 bits per heavy atom. The lowest BCUT2D eigenvalue weighted by Gasteiger charge is -2.23.